The first-order valence-electron chi connectivity index (χ1n) is 8.21. The van der Waals surface area contributed by atoms with Gasteiger partial charge in [-0.25, -0.2) is 0 Å². The molecular weight excluding hydrogens is 230 g/mol. The van der Waals surface area contributed by atoms with Gasteiger partial charge in [0, 0.05) is 6.04 Å². The molecule has 0 saturated heterocycles. The second kappa shape index (κ2) is 6.09. The molecule has 1 atom stereocenters. The van der Waals surface area contributed by atoms with Crippen molar-refractivity contribution in [2.75, 3.05) is 6.54 Å². The molecule has 1 nitrogen and oxygen atoms in total. The predicted octanol–water partition coefficient (Wildman–Crippen LogP) is 4.79. The molecule has 19 heavy (non-hydrogen) atoms. The van der Waals surface area contributed by atoms with Gasteiger partial charge in [0.1, 0.15) is 0 Å². The van der Waals surface area contributed by atoms with Crippen molar-refractivity contribution in [2.45, 2.75) is 63.8 Å². The lowest BCUT2D eigenvalue weighted by molar-refractivity contribution is 0.372. The first kappa shape index (κ1) is 13.2. The number of nitrogens with one attached hydrogen (secondary N) is 1. The van der Waals surface area contributed by atoms with Crippen LogP contribution in [0.25, 0.3) is 0 Å². The topological polar surface area (TPSA) is 12.0 Å². The molecule has 2 fully saturated rings. The van der Waals surface area contributed by atoms with Crippen molar-refractivity contribution < 1.29 is 0 Å². The van der Waals surface area contributed by atoms with Crippen LogP contribution in [0.3, 0.4) is 0 Å². The van der Waals surface area contributed by atoms with Crippen LogP contribution in [-0.2, 0) is 0 Å². The van der Waals surface area contributed by atoms with E-state index in [0.29, 0.717) is 6.04 Å². The Hall–Kier alpha value is -0.820. The quantitative estimate of drug-likeness (QED) is 0.799. The van der Waals surface area contributed by atoms with E-state index in [4.69, 9.17) is 0 Å². The van der Waals surface area contributed by atoms with E-state index in [-0.39, 0.29) is 0 Å². The Morgan fingerprint density at radius 2 is 1.89 bits per heavy atom. The van der Waals surface area contributed by atoms with E-state index in [1.807, 2.05) is 0 Å². The molecule has 1 aromatic rings. The van der Waals surface area contributed by atoms with Crippen LogP contribution < -0.4 is 5.32 Å². The third-order valence-electron chi connectivity index (χ3n) is 5.14. The molecule has 104 valence electrons. The molecule has 2 aliphatic rings. The van der Waals surface area contributed by atoms with Crippen molar-refractivity contribution in [1.82, 2.24) is 5.32 Å². The molecule has 0 heterocycles. The van der Waals surface area contributed by atoms with Crippen molar-refractivity contribution in [3.63, 3.8) is 0 Å². The van der Waals surface area contributed by atoms with Gasteiger partial charge in [0.05, 0.1) is 0 Å². The summed E-state index contributed by atoms with van der Waals surface area (Å²) in [4.78, 5) is 0. The summed E-state index contributed by atoms with van der Waals surface area (Å²) < 4.78 is 0. The fourth-order valence-electron chi connectivity index (χ4n) is 3.82. The molecule has 2 saturated carbocycles. The maximum absolute atomic E-state index is 3.74. The van der Waals surface area contributed by atoms with Crippen molar-refractivity contribution in [3.05, 3.63) is 35.4 Å². The summed E-state index contributed by atoms with van der Waals surface area (Å²) in [5.74, 6) is 1.71. The van der Waals surface area contributed by atoms with E-state index in [1.54, 1.807) is 5.56 Å². The standard InChI is InChI=1S/C18H27N/c1-2-19-18(15-7-3-4-8-15)17-12-6-11-16(13-17)14-9-5-10-14/h6,11-15,18-19H,2-5,7-10H2,1H3. The lowest BCUT2D eigenvalue weighted by Crippen LogP contribution is -2.27. The zero-order valence-corrected chi connectivity index (χ0v) is 12.2. The molecule has 3 rings (SSSR count). The van der Waals surface area contributed by atoms with Gasteiger partial charge in [0.2, 0.25) is 0 Å². The van der Waals surface area contributed by atoms with Gasteiger partial charge in [-0.05, 0) is 55.2 Å². The fraction of sp³-hybridized carbons (Fsp3) is 0.667. The van der Waals surface area contributed by atoms with Crippen LogP contribution >= 0.6 is 0 Å². The lowest BCUT2D eigenvalue weighted by atomic mass is 9.79. The average molecular weight is 257 g/mol. The molecule has 0 spiro atoms. The van der Waals surface area contributed by atoms with Gasteiger partial charge in [-0.1, -0.05) is 50.5 Å². The van der Waals surface area contributed by atoms with Gasteiger partial charge in [-0.3, -0.25) is 0 Å². The molecule has 0 bridgehead atoms. The normalized spacial score (nSPS) is 22.4. The van der Waals surface area contributed by atoms with Crippen LogP contribution in [0.1, 0.15) is 75.0 Å². The van der Waals surface area contributed by atoms with Crippen LogP contribution in [0, 0.1) is 5.92 Å². The molecule has 0 amide bonds. The van der Waals surface area contributed by atoms with E-state index < -0.39 is 0 Å². The summed E-state index contributed by atoms with van der Waals surface area (Å²) in [6, 6.07) is 10.0. The molecule has 2 aliphatic carbocycles. The van der Waals surface area contributed by atoms with Gasteiger partial charge in [-0.15, -0.1) is 0 Å². The minimum atomic E-state index is 0.590. The first-order valence-corrected chi connectivity index (χ1v) is 8.21. The van der Waals surface area contributed by atoms with Crippen molar-refractivity contribution >= 4 is 0 Å². The van der Waals surface area contributed by atoms with E-state index in [0.717, 1.165) is 18.4 Å². The number of hydrogen-bond donors (Lipinski definition) is 1. The van der Waals surface area contributed by atoms with Crippen molar-refractivity contribution in [1.29, 1.82) is 0 Å². The molecule has 0 aliphatic heterocycles. The molecule has 1 heteroatoms. The Labute approximate surface area is 117 Å². The molecule has 1 N–H and O–H groups in total. The van der Waals surface area contributed by atoms with Crippen LogP contribution in [0.5, 0.6) is 0 Å². The summed E-state index contributed by atoms with van der Waals surface area (Å²) in [6.07, 6.45) is 9.89. The number of rotatable bonds is 5. The second-order valence-electron chi connectivity index (χ2n) is 6.38. The van der Waals surface area contributed by atoms with Gasteiger partial charge < -0.3 is 5.32 Å². The predicted molar refractivity (Wildman–Crippen MR) is 81.4 cm³/mol. The van der Waals surface area contributed by atoms with Crippen LogP contribution in [0.4, 0.5) is 0 Å². The summed E-state index contributed by atoms with van der Waals surface area (Å²) in [5.41, 5.74) is 3.13. The van der Waals surface area contributed by atoms with Gasteiger partial charge in [0.15, 0.2) is 0 Å². The van der Waals surface area contributed by atoms with Gasteiger partial charge in [-0.2, -0.15) is 0 Å². The minimum Gasteiger partial charge on any atom is -0.310 e. The smallest absolute Gasteiger partial charge is 0.0348 e. The lowest BCUT2D eigenvalue weighted by Gasteiger charge is -2.29. The SMILES string of the molecule is CCNC(c1cccc(C2CCC2)c1)C1CCCC1. The summed E-state index contributed by atoms with van der Waals surface area (Å²) in [5, 5.41) is 3.74. The van der Waals surface area contributed by atoms with Gasteiger partial charge >= 0.3 is 0 Å². The summed E-state index contributed by atoms with van der Waals surface area (Å²) >= 11 is 0. The Bertz CT molecular complexity index is 402. The maximum Gasteiger partial charge on any atom is 0.0348 e. The summed E-state index contributed by atoms with van der Waals surface area (Å²) in [7, 11) is 0. The Morgan fingerprint density at radius 1 is 1.11 bits per heavy atom. The average Bonchev–Trinajstić information content (AvgIpc) is 2.88. The molecular formula is C18H27N. The van der Waals surface area contributed by atoms with Crippen molar-refractivity contribution in [2.24, 2.45) is 5.92 Å². The third kappa shape index (κ3) is 2.86. The van der Waals surface area contributed by atoms with Crippen LogP contribution in [-0.4, -0.2) is 6.54 Å². The third-order valence-corrected chi connectivity index (χ3v) is 5.14. The summed E-state index contributed by atoms with van der Waals surface area (Å²) in [6.45, 7) is 3.31. The fourth-order valence-corrected chi connectivity index (χ4v) is 3.82. The number of hydrogen-bond acceptors (Lipinski definition) is 1. The molecule has 0 radical (unpaired) electrons. The largest absolute Gasteiger partial charge is 0.310 e. The van der Waals surface area contributed by atoms with E-state index in [1.165, 1.54) is 50.5 Å². The molecule has 1 unspecified atom stereocenters. The molecule has 0 aromatic heterocycles. The molecule has 1 aromatic carbocycles. The van der Waals surface area contributed by atoms with Gasteiger partial charge in [0.25, 0.3) is 0 Å². The zero-order valence-electron chi connectivity index (χ0n) is 12.2. The highest BCUT2D eigenvalue weighted by Crippen LogP contribution is 2.39. The second-order valence-corrected chi connectivity index (χ2v) is 6.38. The minimum absolute atomic E-state index is 0.590. The van der Waals surface area contributed by atoms with E-state index in [9.17, 15) is 0 Å². The first-order chi connectivity index (χ1) is 9.38. The highest BCUT2D eigenvalue weighted by molar-refractivity contribution is 5.30. The highest BCUT2D eigenvalue weighted by Gasteiger charge is 2.26. The Kier molecular flexibility index (Phi) is 4.22. The van der Waals surface area contributed by atoms with Crippen LogP contribution in [0.15, 0.2) is 24.3 Å². The van der Waals surface area contributed by atoms with E-state index in [2.05, 4.69) is 36.5 Å². The van der Waals surface area contributed by atoms with Crippen molar-refractivity contribution in [3.8, 4) is 0 Å². The Morgan fingerprint density at radius 3 is 2.53 bits per heavy atom. The zero-order chi connectivity index (χ0) is 13.1. The maximum atomic E-state index is 3.74. The van der Waals surface area contributed by atoms with Crippen LogP contribution in [0.2, 0.25) is 0 Å². The monoisotopic (exact) mass is 257 g/mol. The number of benzene rings is 1. The van der Waals surface area contributed by atoms with E-state index >= 15 is 0 Å². The highest BCUT2D eigenvalue weighted by atomic mass is 14.9. The Balaban J connectivity index is 1.80.